The fraction of sp³-hybridized carbons (Fsp3) is 0.429. The molecular weight excluding hydrogens is 332 g/mol. The highest BCUT2D eigenvalue weighted by atomic mass is 16.7. The maximum absolute atomic E-state index is 10.3. The van der Waals surface area contributed by atoms with Crippen LogP contribution in [0.5, 0.6) is 0 Å². The fourth-order valence-corrected chi connectivity index (χ4v) is 3.67. The van der Waals surface area contributed by atoms with Gasteiger partial charge in [0.2, 0.25) is 0 Å². The lowest BCUT2D eigenvalue weighted by molar-refractivity contribution is -0.187. The lowest BCUT2D eigenvalue weighted by atomic mass is 9.90. The zero-order valence-corrected chi connectivity index (χ0v) is 14.6. The molecule has 1 N–H and O–H groups in total. The lowest BCUT2D eigenvalue weighted by Crippen LogP contribution is -2.53. The molecule has 2 aromatic rings. The van der Waals surface area contributed by atoms with Crippen LogP contribution in [0.4, 0.5) is 0 Å². The Morgan fingerprint density at radius 3 is 2.31 bits per heavy atom. The van der Waals surface area contributed by atoms with Crippen molar-refractivity contribution in [2.24, 2.45) is 0 Å². The predicted molar refractivity (Wildman–Crippen MR) is 95.3 cm³/mol. The van der Waals surface area contributed by atoms with Crippen LogP contribution in [0.15, 0.2) is 60.7 Å². The quantitative estimate of drug-likeness (QED) is 0.827. The summed E-state index contributed by atoms with van der Waals surface area (Å²) in [6, 6.07) is 20.0. The van der Waals surface area contributed by atoms with Crippen molar-refractivity contribution in [1.82, 2.24) is 0 Å². The number of fused-ring (bicyclic) bond motifs is 2. The number of rotatable bonds is 7. The summed E-state index contributed by atoms with van der Waals surface area (Å²) in [5.41, 5.74) is 1.51. The Labute approximate surface area is 153 Å². The Hall–Kier alpha value is -1.76. The highest BCUT2D eigenvalue weighted by Gasteiger charge is 2.59. The first-order valence-electron chi connectivity index (χ1n) is 9.02. The average molecular weight is 356 g/mol. The Morgan fingerprint density at radius 1 is 0.962 bits per heavy atom. The Kier molecular flexibility index (Phi) is 5.33. The van der Waals surface area contributed by atoms with E-state index < -0.39 is 18.0 Å². The van der Waals surface area contributed by atoms with E-state index in [-0.39, 0.29) is 6.10 Å². The van der Waals surface area contributed by atoms with Gasteiger partial charge in [-0.3, -0.25) is 0 Å². The molecule has 0 saturated carbocycles. The third-order valence-electron chi connectivity index (χ3n) is 5.02. The summed E-state index contributed by atoms with van der Waals surface area (Å²) in [6.45, 7) is 1.83. The van der Waals surface area contributed by atoms with E-state index in [1.54, 1.807) is 0 Å². The van der Waals surface area contributed by atoms with Gasteiger partial charge in [-0.05, 0) is 11.1 Å². The molecule has 1 unspecified atom stereocenters. The summed E-state index contributed by atoms with van der Waals surface area (Å²) >= 11 is 0. The van der Waals surface area contributed by atoms with E-state index in [1.807, 2.05) is 60.7 Å². The van der Waals surface area contributed by atoms with Crippen molar-refractivity contribution >= 4 is 0 Å². The van der Waals surface area contributed by atoms with Crippen molar-refractivity contribution in [3.05, 3.63) is 71.8 Å². The highest BCUT2D eigenvalue weighted by molar-refractivity contribution is 5.15. The van der Waals surface area contributed by atoms with Crippen LogP contribution < -0.4 is 0 Å². The van der Waals surface area contributed by atoms with Gasteiger partial charge in [0.15, 0.2) is 6.29 Å². The van der Waals surface area contributed by atoms with Gasteiger partial charge in [0.25, 0.3) is 0 Å². The van der Waals surface area contributed by atoms with Gasteiger partial charge in [-0.2, -0.15) is 0 Å². The summed E-state index contributed by atoms with van der Waals surface area (Å²) in [4.78, 5) is 0. The maximum Gasteiger partial charge on any atom is 0.184 e. The molecule has 4 atom stereocenters. The molecule has 2 fully saturated rings. The van der Waals surface area contributed by atoms with Crippen molar-refractivity contribution in [1.29, 1.82) is 0 Å². The molecule has 2 aliphatic heterocycles. The van der Waals surface area contributed by atoms with E-state index in [0.717, 1.165) is 11.1 Å². The van der Waals surface area contributed by atoms with Gasteiger partial charge in [0.05, 0.1) is 26.4 Å². The van der Waals surface area contributed by atoms with Gasteiger partial charge in [-0.15, -0.1) is 0 Å². The molecule has 2 bridgehead atoms. The maximum atomic E-state index is 10.3. The normalized spacial score (nSPS) is 30.4. The second kappa shape index (κ2) is 7.86. The minimum absolute atomic E-state index is 0.359. The van der Waals surface area contributed by atoms with Crippen LogP contribution in [-0.4, -0.2) is 42.4 Å². The minimum Gasteiger partial charge on any atom is -0.374 e. The molecule has 0 radical (unpaired) electrons. The summed E-state index contributed by atoms with van der Waals surface area (Å²) < 4.78 is 23.7. The molecule has 5 nitrogen and oxygen atoms in total. The fourth-order valence-electron chi connectivity index (χ4n) is 3.67. The van der Waals surface area contributed by atoms with Crippen LogP contribution in [0.3, 0.4) is 0 Å². The summed E-state index contributed by atoms with van der Waals surface area (Å²) in [7, 11) is 0. The second-order valence-corrected chi connectivity index (χ2v) is 6.85. The summed E-state index contributed by atoms with van der Waals surface area (Å²) in [5.74, 6) is 0. The Balaban J connectivity index is 1.42. The molecule has 138 valence electrons. The average Bonchev–Trinajstić information content (AvgIpc) is 2.82. The van der Waals surface area contributed by atoms with Crippen molar-refractivity contribution in [2.45, 2.75) is 43.7 Å². The van der Waals surface area contributed by atoms with Gasteiger partial charge >= 0.3 is 0 Å². The number of benzene rings is 2. The van der Waals surface area contributed by atoms with Crippen molar-refractivity contribution < 1.29 is 24.1 Å². The van der Waals surface area contributed by atoms with E-state index in [0.29, 0.717) is 32.8 Å². The molecule has 26 heavy (non-hydrogen) atoms. The van der Waals surface area contributed by atoms with Gasteiger partial charge in [0.1, 0.15) is 17.8 Å². The first kappa shape index (κ1) is 17.6. The smallest absolute Gasteiger partial charge is 0.184 e. The topological polar surface area (TPSA) is 57.2 Å². The van der Waals surface area contributed by atoms with Crippen molar-refractivity contribution in [2.75, 3.05) is 13.2 Å². The van der Waals surface area contributed by atoms with E-state index in [9.17, 15) is 5.11 Å². The number of hydrogen-bond donors (Lipinski definition) is 1. The molecule has 4 rings (SSSR count). The lowest BCUT2D eigenvalue weighted by Gasteiger charge is -2.38. The van der Waals surface area contributed by atoms with Crippen molar-refractivity contribution in [3.8, 4) is 0 Å². The van der Waals surface area contributed by atoms with Crippen molar-refractivity contribution in [3.63, 3.8) is 0 Å². The number of aliphatic hydroxyl groups excluding tert-OH is 1. The van der Waals surface area contributed by atoms with E-state index >= 15 is 0 Å². The number of ether oxygens (including phenoxy) is 4. The van der Waals surface area contributed by atoms with Crippen LogP contribution in [0.2, 0.25) is 0 Å². The molecule has 0 aliphatic carbocycles. The molecule has 0 aromatic heterocycles. The van der Waals surface area contributed by atoms with E-state index in [1.165, 1.54) is 0 Å². The SMILES string of the molecule is OC1O[C@@]2(COCc3ccccc3)CCO[C@@H]1[C@@H]2OCc1ccccc1. The minimum atomic E-state index is -0.987. The third-order valence-corrected chi connectivity index (χ3v) is 5.02. The zero-order valence-electron chi connectivity index (χ0n) is 14.6. The molecule has 2 heterocycles. The van der Waals surface area contributed by atoms with E-state index in [2.05, 4.69) is 0 Å². The van der Waals surface area contributed by atoms with Gasteiger partial charge < -0.3 is 24.1 Å². The Bertz CT molecular complexity index is 692. The second-order valence-electron chi connectivity index (χ2n) is 6.85. The van der Waals surface area contributed by atoms with Crippen LogP contribution in [0.25, 0.3) is 0 Å². The number of aliphatic hydroxyl groups is 1. The predicted octanol–water partition coefficient (Wildman–Crippen LogP) is 2.66. The standard InChI is InChI=1S/C21H24O5/c22-20-18-19(25-14-17-9-5-2-6-10-17)21(26-20,11-12-24-18)15-23-13-16-7-3-1-4-8-16/h1-10,18-20,22H,11-15H2/t18-,19+,20?,21-/m1/s1. The highest BCUT2D eigenvalue weighted by Crippen LogP contribution is 2.41. The first-order chi connectivity index (χ1) is 12.8. The zero-order chi connectivity index (χ0) is 17.8. The van der Waals surface area contributed by atoms with Gasteiger partial charge in [-0.25, -0.2) is 0 Å². The number of hydrogen-bond acceptors (Lipinski definition) is 5. The monoisotopic (exact) mass is 356 g/mol. The molecule has 0 spiro atoms. The van der Waals surface area contributed by atoms with Crippen LogP contribution in [0.1, 0.15) is 17.5 Å². The largest absolute Gasteiger partial charge is 0.374 e. The third kappa shape index (κ3) is 3.68. The Morgan fingerprint density at radius 2 is 1.62 bits per heavy atom. The summed E-state index contributed by atoms with van der Waals surface area (Å²) in [5, 5.41) is 10.3. The molecule has 2 aliphatic rings. The molecular formula is C21H24O5. The summed E-state index contributed by atoms with van der Waals surface area (Å²) in [6.07, 6.45) is -1.19. The molecule has 5 heteroatoms. The first-order valence-corrected chi connectivity index (χ1v) is 9.02. The van der Waals surface area contributed by atoms with E-state index in [4.69, 9.17) is 18.9 Å². The van der Waals surface area contributed by atoms with Crippen LogP contribution >= 0.6 is 0 Å². The van der Waals surface area contributed by atoms with Gasteiger partial charge in [0, 0.05) is 6.42 Å². The van der Waals surface area contributed by atoms with Crippen LogP contribution in [-0.2, 0) is 32.2 Å². The molecule has 2 saturated heterocycles. The van der Waals surface area contributed by atoms with Gasteiger partial charge in [-0.1, -0.05) is 60.7 Å². The van der Waals surface area contributed by atoms with Crippen LogP contribution in [0, 0.1) is 0 Å². The molecule has 0 amide bonds. The molecule has 2 aromatic carbocycles.